The fourth-order valence-corrected chi connectivity index (χ4v) is 1.59. The van der Waals surface area contributed by atoms with Crippen LogP contribution in [0, 0.1) is 6.92 Å². The van der Waals surface area contributed by atoms with Gasteiger partial charge in [0, 0.05) is 6.20 Å². The highest BCUT2D eigenvalue weighted by Crippen LogP contribution is 2.15. The zero-order valence-electron chi connectivity index (χ0n) is 10.6. The Kier molecular flexibility index (Phi) is 4.54. The molecular formula is C11H18ClN3O2. The molecule has 1 N–H and O–H groups in total. The number of carbonyl (C=O) groups excluding carboxylic acids is 1. The van der Waals surface area contributed by atoms with Crippen molar-refractivity contribution in [2.45, 2.75) is 32.9 Å². The Morgan fingerprint density at radius 1 is 1.71 bits per heavy atom. The lowest BCUT2D eigenvalue weighted by molar-refractivity contribution is -0.151. The Labute approximate surface area is 106 Å². The minimum absolute atomic E-state index is 0.299. The van der Waals surface area contributed by atoms with Crippen molar-refractivity contribution < 1.29 is 9.53 Å². The molecule has 0 saturated heterocycles. The van der Waals surface area contributed by atoms with Gasteiger partial charge in [-0.25, -0.2) is 4.79 Å². The Morgan fingerprint density at radius 2 is 2.35 bits per heavy atom. The smallest absolute Gasteiger partial charge is 0.327 e. The van der Waals surface area contributed by atoms with Gasteiger partial charge in [-0.15, -0.1) is 0 Å². The summed E-state index contributed by atoms with van der Waals surface area (Å²) in [5.41, 5.74) is -0.0633. The van der Waals surface area contributed by atoms with Gasteiger partial charge in [-0.2, -0.15) is 5.10 Å². The average molecular weight is 260 g/mol. The van der Waals surface area contributed by atoms with Crippen LogP contribution >= 0.6 is 11.6 Å². The first-order valence-corrected chi connectivity index (χ1v) is 5.86. The van der Waals surface area contributed by atoms with E-state index in [0.717, 1.165) is 5.69 Å². The monoisotopic (exact) mass is 259 g/mol. The second-order valence-corrected chi connectivity index (χ2v) is 4.47. The van der Waals surface area contributed by atoms with Crippen molar-refractivity contribution in [3.63, 3.8) is 0 Å². The SMILES string of the molecule is CCOC(=O)C(C)(Cn1cc(Cl)c(C)n1)NC. The van der Waals surface area contributed by atoms with E-state index in [9.17, 15) is 4.79 Å². The van der Waals surface area contributed by atoms with E-state index in [4.69, 9.17) is 16.3 Å². The molecule has 1 aromatic rings. The number of carbonyl (C=O) groups is 1. The first-order valence-electron chi connectivity index (χ1n) is 5.48. The van der Waals surface area contributed by atoms with Crippen molar-refractivity contribution in [1.29, 1.82) is 0 Å². The van der Waals surface area contributed by atoms with Gasteiger partial charge in [0.25, 0.3) is 0 Å². The van der Waals surface area contributed by atoms with Gasteiger partial charge in [0.15, 0.2) is 0 Å². The lowest BCUT2D eigenvalue weighted by atomic mass is 10.0. The van der Waals surface area contributed by atoms with Crippen molar-refractivity contribution >= 4 is 17.6 Å². The Morgan fingerprint density at radius 3 is 2.76 bits per heavy atom. The molecule has 0 aliphatic rings. The van der Waals surface area contributed by atoms with Gasteiger partial charge in [-0.05, 0) is 27.8 Å². The molecule has 0 saturated carbocycles. The van der Waals surface area contributed by atoms with Crippen LogP contribution in [0.15, 0.2) is 6.20 Å². The molecule has 96 valence electrons. The van der Waals surface area contributed by atoms with E-state index in [1.54, 1.807) is 31.8 Å². The number of nitrogens with zero attached hydrogens (tertiary/aromatic N) is 2. The highest BCUT2D eigenvalue weighted by Gasteiger charge is 2.34. The van der Waals surface area contributed by atoms with E-state index in [1.807, 2.05) is 6.92 Å². The van der Waals surface area contributed by atoms with E-state index in [2.05, 4.69) is 10.4 Å². The molecule has 0 fully saturated rings. The summed E-state index contributed by atoms with van der Waals surface area (Å²) in [4.78, 5) is 11.8. The summed E-state index contributed by atoms with van der Waals surface area (Å²) in [5.74, 6) is -0.299. The average Bonchev–Trinajstić information content (AvgIpc) is 2.58. The third-order valence-electron chi connectivity index (χ3n) is 2.64. The van der Waals surface area contributed by atoms with Crippen molar-refractivity contribution in [1.82, 2.24) is 15.1 Å². The fraction of sp³-hybridized carbons (Fsp3) is 0.636. The van der Waals surface area contributed by atoms with E-state index >= 15 is 0 Å². The second-order valence-electron chi connectivity index (χ2n) is 4.06. The maximum atomic E-state index is 11.8. The third-order valence-corrected chi connectivity index (χ3v) is 3.01. The molecule has 1 aromatic heterocycles. The number of aryl methyl sites for hydroxylation is 1. The Balaban J connectivity index is 2.84. The highest BCUT2D eigenvalue weighted by atomic mass is 35.5. The van der Waals surface area contributed by atoms with Gasteiger partial charge in [0.05, 0.1) is 23.9 Å². The topological polar surface area (TPSA) is 56.2 Å². The van der Waals surface area contributed by atoms with Gasteiger partial charge in [0.1, 0.15) is 5.54 Å². The predicted molar refractivity (Wildman–Crippen MR) is 66.1 cm³/mol. The summed E-state index contributed by atoms with van der Waals surface area (Å²) in [7, 11) is 1.72. The lowest BCUT2D eigenvalue weighted by Crippen LogP contribution is -2.52. The van der Waals surface area contributed by atoms with Crippen LogP contribution in [0.5, 0.6) is 0 Å². The zero-order valence-corrected chi connectivity index (χ0v) is 11.3. The quantitative estimate of drug-likeness (QED) is 0.812. The molecule has 1 heterocycles. The largest absolute Gasteiger partial charge is 0.465 e. The van der Waals surface area contributed by atoms with Crippen molar-refractivity contribution in [3.8, 4) is 0 Å². The number of likely N-dealkylation sites (N-methyl/N-ethyl adjacent to an activating group) is 1. The molecule has 0 bridgehead atoms. The number of hydrogen-bond donors (Lipinski definition) is 1. The summed E-state index contributed by atoms with van der Waals surface area (Å²) in [6.07, 6.45) is 1.70. The minimum Gasteiger partial charge on any atom is -0.465 e. The fourth-order valence-electron chi connectivity index (χ4n) is 1.43. The predicted octanol–water partition coefficient (Wildman–Crippen LogP) is 1.39. The highest BCUT2D eigenvalue weighted by molar-refractivity contribution is 6.31. The van der Waals surface area contributed by atoms with Crippen LogP contribution in [0.2, 0.25) is 5.02 Å². The summed E-state index contributed by atoms with van der Waals surface area (Å²) in [5, 5.41) is 7.77. The number of ether oxygens (including phenoxy) is 1. The number of nitrogens with one attached hydrogen (secondary N) is 1. The molecule has 0 spiro atoms. The van der Waals surface area contributed by atoms with Crippen molar-refractivity contribution in [2.75, 3.05) is 13.7 Å². The molecule has 0 radical (unpaired) electrons. The summed E-state index contributed by atoms with van der Waals surface area (Å²) < 4.78 is 6.68. The standard InChI is InChI=1S/C11H18ClN3O2/c1-5-17-10(16)11(3,13-4)7-15-6-9(12)8(2)14-15/h6,13H,5,7H2,1-4H3. The molecule has 5 nitrogen and oxygen atoms in total. The first-order chi connectivity index (χ1) is 7.92. The maximum Gasteiger partial charge on any atom is 0.327 e. The van der Waals surface area contributed by atoms with E-state index < -0.39 is 5.54 Å². The molecule has 17 heavy (non-hydrogen) atoms. The Hall–Kier alpha value is -1.07. The zero-order chi connectivity index (χ0) is 13.1. The van der Waals surface area contributed by atoms with Gasteiger partial charge in [0.2, 0.25) is 0 Å². The van der Waals surface area contributed by atoms with Gasteiger partial charge >= 0.3 is 5.97 Å². The van der Waals surface area contributed by atoms with Crippen molar-refractivity contribution in [2.24, 2.45) is 0 Å². The molecule has 0 aliphatic heterocycles. The molecule has 0 aliphatic carbocycles. The summed E-state index contributed by atoms with van der Waals surface area (Å²) in [6.45, 7) is 6.10. The third kappa shape index (κ3) is 3.20. The van der Waals surface area contributed by atoms with Crippen LogP contribution in [0.3, 0.4) is 0 Å². The van der Waals surface area contributed by atoms with Gasteiger partial charge in [-0.3, -0.25) is 4.68 Å². The maximum absolute atomic E-state index is 11.8. The number of esters is 1. The van der Waals surface area contributed by atoms with Crippen LogP contribution in [-0.2, 0) is 16.1 Å². The molecule has 1 rings (SSSR count). The van der Waals surface area contributed by atoms with E-state index in [1.165, 1.54) is 0 Å². The van der Waals surface area contributed by atoms with Crippen molar-refractivity contribution in [3.05, 3.63) is 16.9 Å². The van der Waals surface area contributed by atoms with Crippen LogP contribution in [0.1, 0.15) is 19.5 Å². The number of aromatic nitrogens is 2. The molecule has 1 atom stereocenters. The summed E-state index contributed by atoms with van der Waals surface area (Å²) >= 11 is 5.92. The molecule has 0 amide bonds. The molecule has 1 unspecified atom stereocenters. The Bertz CT molecular complexity index is 386. The normalized spacial score (nSPS) is 14.4. The summed E-state index contributed by atoms with van der Waals surface area (Å²) in [6, 6.07) is 0. The van der Waals surface area contributed by atoms with E-state index in [-0.39, 0.29) is 5.97 Å². The van der Waals surface area contributed by atoms with Gasteiger partial charge < -0.3 is 10.1 Å². The van der Waals surface area contributed by atoms with Crippen LogP contribution in [0.25, 0.3) is 0 Å². The second kappa shape index (κ2) is 5.51. The molecule has 6 heteroatoms. The minimum atomic E-state index is -0.808. The number of halogens is 1. The molecular weight excluding hydrogens is 242 g/mol. The van der Waals surface area contributed by atoms with E-state index in [0.29, 0.717) is 18.2 Å². The van der Waals surface area contributed by atoms with Crippen LogP contribution < -0.4 is 5.32 Å². The number of rotatable bonds is 5. The molecule has 0 aromatic carbocycles. The number of hydrogen-bond acceptors (Lipinski definition) is 4. The first kappa shape index (κ1) is 14.0. The van der Waals surface area contributed by atoms with Crippen LogP contribution in [0.4, 0.5) is 0 Å². The van der Waals surface area contributed by atoms with Crippen LogP contribution in [-0.4, -0.2) is 34.9 Å². The van der Waals surface area contributed by atoms with Gasteiger partial charge in [-0.1, -0.05) is 11.6 Å². The lowest BCUT2D eigenvalue weighted by Gasteiger charge is -2.26.